The predicted octanol–water partition coefficient (Wildman–Crippen LogP) is 3.65. The normalized spacial score (nSPS) is 20.7. The average molecular weight is 406 g/mol. The molecule has 2 aromatic rings. The maximum atomic E-state index is 12.5. The summed E-state index contributed by atoms with van der Waals surface area (Å²) < 4.78 is 4.84. The molecule has 7 nitrogen and oxygen atoms in total. The van der Waals surface area contributed by atoms with Gasteiger partial charge >= 0.3 is 5.97 Å². The van der Waals surface area contributed by atoms with E-state index in [9.17, 15) is 9.59 Å². The van der Waals surface area contributed by atoms with E-state index in [1.54, 1.807) is 6.07 Å². The zero-order valence-electron chi connectivity index (χ0n) is 17.4. The highest BCUT2D eigenvalue weighted by atomic mass is 16.5. The van der Waals surface area contributed by atoms with Crippen LogP contribution in [0.25, 0.3) is 0 Å². The summed E-state index contributed by atoms with van der Waals surface area (Å²) in [5.74, 6) is 1.45. The third-order valence-electron chi connectivity index (χ3n) is 6.55. The number of amides is 1. The van der Waals surface area contributed by atoms with Crippen LogP contribution in [-0.2, 0) is 16.0 Å². The lowest BCUT2D eigenvalue weighted by Gasteiger charge is -2.39. The Labute approximate surface area is 176 Å². The zero-order valence-corrected chi connectivity index (χ0v) is 17.4. The first-order valence-electron chi connectivity index (χ1n) is 10.7. The molecule has 1 aromatic heterocycles. The molecule has 1 aliphatic carbocycles. The highest BCUT2D eigenvalue weighted by Gasteiger charge is 2.37. The smallest absolute Gasteiger partial charge is 0.337 e. The molecule has 1 N–H and O–H groups in total. The van der Waals surface area contributed by atoms with Gasteiger partial charge in [0.15, 0.2) is 5.82 Å². The molecule has 30 heavy (non-hydrogen) atoms. The molecule has 3 heterocycles. The number of ether oxygens (including phenoxy) is 1. The third-order valence-corrected chi connectivity index (χ3v) is 6.55. The van der Waals surface area contributed by atoms with Gasteiger partial charge in [0.25, 0.3) is 0 Å². The lowest BCUT2D eigenvalue weighted by Crippen LogP contribution is -2.51. The Morgan fingerprint density at radius 1 is 1.20 bits per heavy atom. The molecular weight excluding hydrogens is 380 g/mol. The standard InChI is InChI=1S/C23H26N4O3/c1-14-22(28)24-18-8-10-20(25-21(18)27(14)17-5-3-4-6-17)26-12-11-15-13-16(23(29)30-2)7-9-19(15)26/h7-10,13-14,17H,3-6,11-12H2,1-2H3,(H,24,28)/t14-/m1/s1. The van der Waals surface area contributed by atoms with Gasteiger partial charge in [-0.15, -0.1) is 0 Å². The van der Waals surface area contributed by atoms with Gasteiger partial charge in [-0.25, -0.2) is 9.78 Å². The van der Waals surface area contributed by atoms with Crippen LogP contribution in [0.1, 0.15) is 48.5 Å². The summed E-state index contributed by atoms with van der Waals surface area (Å²) >= 11 is 0. The number of nitrogens with zero attached hydrogens (tertiary/aromatic N) is 3. The number of esters is 1. The van der Waals surface area contributed by atoms with Gasteiger partial charge in [-0.2, -0.15) is 0 Å². The van der Waals surface area contributed by atoms with Crippen LogP contribution >= 0.6 is 0 Å². The van der Waals surface area contributed by atoms with Crippen LogP contribution in [0.5, 0.6) is 0 Å². The number of hydrogen-bond donors (Lipinski definition) is 1. The van der Waals surface area contributed by atoms with Crippen molar-refractivity contribution in [3.05, 3.63) is 41.5 Å². The van der Waals surface area contributed by atoms with Crippen molar-refractivity contribution in [3.63, 3.8) is 0 Å². The second-order valence-electron chi connectivity index (χ2n) is 8.29. The molecule has 0 unspecified atom stereocenters. The Morgan fingerprint density at radius 3 is 2.77 bits per heavy atom. The predicted molar refractivity (Wildman–Crippen MR) is 116 cm³/mol. The lowest BCUT2D eigenvalue weighted by molar-refractivity contribution is -0.117. The fourth-order valence-electron chi connectivity index (χ4n) is 4.99. The maximum absolute atomic E-state index is 12.5. The van der Waals surface area contributed by atoms with Crippen LogP contribution in [0.2, 0.25) is 0 Å². The summed E-state index contributed by atoms with van der Waals surface area (Å²) in [6.45, 7) is 2.77. The van der Waals surface area contributed by atoms with Gasteiger partial charge in [-0.3, -0.25) is 4.79 Å². The Morgan fingerprint density at radius 2 is 2.00 bits per heavy atom. The van der Waals surface area contributed by atoms with Crippen molar-refractivity contribution in [2.45, 2.75) is 51.1 Å². The highest BCUT2D eigenvalue weighted by molar-refractivity contribution is 6.03. The van der Waals surface area contributed by atoms with Gasteiger partial charge in [-0.1, -0.05) is 12.8 Å². The van der Waals surface area contributed by atoms with Gasteiger partial charge in [-0.05, 0) is 62.1 Å². The molecule has 0 saturated heterocycles. The van der Waals surface area contributed by atoms with Crippen molar-refractivity contribution in [1.29, 1.82) is 0 Å². The zero-order chi connectivity index (χ0) is 20.8. The number of nitrogens with one attached hydrogen (secondary N) is 1. The highest BCUT2D eigenvalue weighted by Crippen LogP contribution is 2.40. The number of rotatable bonds is 3. The monoisotopic (exact) mass is 406 g/mol. The summed E-state index contributed by atoms with van der Waals surface area (Å²) in [4.78, 5) is 33.8. The van der Waals surface area contributed by atoms with Crippen molar-refractivity contribution in [2.24, 2.45) is 0 Å². The molecule has 156 valence electrons. The number of carbonyl (C=O) groups excluding carboxylic acids is 2. The maximum Gasteiger partial charge on any atom is 0.337 e. The molecule has 1 atom stereocenters. The van der Waals surface area contributed by atoms with Crippen molar-refractivity contribution < 1.29 is 14.3 Å². The van der Waals surface area contributed by atoms with Crippen LogP contribution in [-0.4, -0.2) is 42.6 Å². The Bertz CT molecular complexity index is 1020. The van der Waals surface area contributed by atoms with Gasteiger partial charge in [0, 0.05) is 18.3 Å². The van der Waals surface area contributed by atoms with E-state index in [0.717, 1.165) is 54.4 Å². The second kappa shape index (κ2) is 7.31. The molecule has 1 saturated carbocycles. The molecule has 1 fully saturated rings. The minimum atomic E-state index is -0.319. The Kier molecular flexibility index (Phi) is 4.60. The van der Waals surface area contributed by atoms with Gasteiger partial charge in [0.2, 0.25) is 5.91 Å². The largest absolute Gasteiger partial charge is 0.465 e. The van der Waals surface area contributed by atoms with Crippen molar-refractivity contribution in [2.75, 3.05) is 28.8 Å². The number of carbonyl (C=O) groups is 2. The first kappa shape index (κ1) is 18.9. The number of methoxy groups -OCH3 is 1. The molecule has 5 rings (SSSR count). The molecule has 0 bridgehead atoms. The summed E-state index contributed by atoms with van der Waals surface area (Å²) in [5, 5.41) is 3.01. The molecule has 3 aliphatic rings. The van der Waals surface area contributed by atoms with E-state index >= 15 is 0 Å². The summed E-state index contributed by atoms with van der Waals surface area (Å²) in [6, 6.07) is 9.74. The van der Waals surface area contributed by atoms with E-state index in [0.29, 0.717) is 11.6 Å². The number of fused-ring (bicyclic) bond motifs is 2. The average Bonchev–Trinajstić information content (AvgIpc) is 3.43. The first-order valence-corrected chi connectivity index (χ1v) is 10.7. The molecule has 2 aliphatic heterocycles. The number of benzene rings is 1. The van der Waals surface area contributed by atoms with Crippen molar-refractivity contribution >= 4 is 34.9 Å². The fourth-order valence-corrected chi connectivity index (χ4v) is 4.99. The second-order valence-corrected chi connectivity index (χ2v) is 8.29. The summed E-state index contributed by atoms with van der Waals surface area (Å²) in [7, 11) is 1.40. The third kappa shape index (κ3) is 3.00. The summed E-state index contributed by atoms with van der Waals surface area (Å²) in [5.41, 5.74) is 3.54. The van der Waals surface area contributed by atoms with Crippen LogP contribution in [0.3, 0.4) is 0 Å². The number of pyridine rings is 1. The number of hydrogen-bond acceptors (Lipinski definition) is 6. The lowest BCUT2D eigenvalue weighted by atomic mass is 10.1. The van der Waals surface area contributed by atoms with E-state index in [1.165, 1.54) is 20.0 Å². The van der Waals surface area contributed by atoms with Crippen LogP contribution in [0.15, 0.2) is 30.3 Å². The minimum absolute atomic E-state index is 0.0332. The van der Waals surface area contributed by atoms with E-state index in [4.69, 9.17) is 9.72 Å². The Balaban J connectivity index is 1.51. The molecule has 7 heteroatoms. The van der Waals surface area contributed by atoms with E-state index in [1.807, 2.05) is 31.2 Å². The molecule has 0 spiro atoms. The van der Waals surface area contributed by atoms with Gasteiger partial charge in [0.05, 0.1) is 18.4 Å². The molecule has 1 aromatic carbocycles. The first-order chi connectivity index (χ1) is 14.6. The van der Waals surface area contributed by atoms with Crippen LogP contribution < -0.4 is 15.1 Å². The van der Waals surface area contributed by atoms with Gasteiger partial charge < -0.3 is 19.9 Å². The molecule has 1 amide bonds. The van der Waals surface area contributed by atoms with Crippen molar-refractivity contribution in [3.8, 4) is 0 Å². The Hall–Kier alpha value is -3.09. The van der Waals surface area contributed by atoms with E-state index in [-0.39, 0.29) is 17.9 Å². The minimum Gasteiger partial charge on any atom is -0.465 e. The van der Waals surface area contributed by atoms with Crippen LogP contribution in [0, 0.1) is 0 Å². The topological polar surface area (TPSA) is 74.8 Å². The SMILES string of the molecule is COC(=O)c1ccc2c(c1)CCN2c1ccc2c(n1)N(C1CCCC1)[C@H](C)C(=O)N2. The van der Waals surface area contributed by atoms with E-state index < -0.39 is 0 Å². The molecular formula is C23H26N4O3. The number of aromatic nitrogens is 1. The van der Waals surface area contributed by atoms with Gasteiger partial charge in [0.1, 0.15) is 11.9 Å². The van der Waals surface area contributed by atoms with E-state index in [2.05, 4.69) is 15.1 Å². The van der Waals surface area contributed by atoms with Crippen LogP contribution in [0.4, 0.5) is 23.0 Å². The fraction of sp³-hybridized carbons (Fsp3) is 0.435. The number of anilines is 4. The summed E-state index contributed by atoms with van der Waals surface area (Å²) in [6.07, 6.45) is 5.45. The van der Waals surface area contributed by atoms with Crippen molar-refractivity contribution in [1.82, 2.24) is 4.98 Å². The molecule has 0 radical (unpaired) electrons. The quantitative estimate of drug-likeness (QED) is 0.785.